The number of rotatable bonds is 9. The van der Waals surface area contributed by atoms with E-state index in [1.54, 1.807) is 18.2 Å². The Bertz CT molecular complexity index is 1040. The molecule has 7 nitrogen and oxygen atoms in total. The number of amides is 1. The van der Waals surface area contributed by atoms with Crippen molar-refractivity contribution in [3.8, 4) is 0 Å². The molecule has 1 atom stereocenters. The van der Waals surface area contributed by atoms with Crippen molar-refractivity contribution in [3.63, 3.8) is 0 Å². The van der Waals surface area contributed by atoms with Gasteiger partial charge in [-0.05, 0) is 43.0 Å². The number of amidine groups is 1. The lowest BCUT2D eigenvalue weighted by atomic mass is 10.0. The van der Waals surface area contributed by atoms with Gasteiger partial charge in [-0.25, -0.2) is 8.42 Å². The topological polar surface area (TPSA) is 90.9 Å². The van der Waals surface area contributed by atoms with E-state index in [0.29, 0.717) is 12.1 Å². The van der Waals surface area contributed by atoms with Crippen LogP contribution in [0.25, 0.3) is 0 Å². The molecule has 1 aliphatic rings. The number of hydrogen-bond donors (Lipinski definition) is 2. The van der Waals surface area contributed by atoms with Crippen molar-refractivity contribution in [1.82, 2.24) is 10.0 Å². The van der Waals surface area contributed by atoms with Crippen molar-refractivity contribution in [2.24, 2.45) is 10.9 Å². The molecule has 0 saturated carbocycles. The van der Waals surface area contributed by atoms with E-state index in [0.717, 1.165) is 19.4 Å². The zero-order chi connectivity index (χ0) is 22.4. The van der Waals surface area contributed by atoms with Crippen molar-refractivity contribution in [2.45, 2.75) is 37.6 Å². The highest BCUT2D eigenvalue weighted by molar-refractivity contribution is 7.90. The van der Waals surface area contributed by atoms with E-state index in [4.69, 9.17) is 0 Å². The second-order valence-electron chi connectivity index (χ2n) is 8.02. The molecule has 1 amide bonds. The van der Waals surface area contributed by atoms with Crippen molar-refractivity contribution in [1.29, 1.82) is 0 Å². The maximum atomic E-state index is 12.8. The first-order valence-corrected chi connectivity index (χ1v) is 12.0. The van der Waals surface area contributed by atoms with E-state index in [2.05, 4.69) is 39.1 Å². The highest BCUT2D eigenvalue weighted by atomic mass is 32.2. The van der Waals surface area contributed by atoms with Gasteiger partial charge in [0, 0.05) is 31.4 Å². The summed E-state index contributed by atoms with van der Waals surface area (Å²) >= 11 is 0. The van der Waals surface area contributed by atoms with E-state index in [1.807, 2.05) is 32.0 Å². The van der Waals surface area contributed by atoms with Crippen LogP contribution in [-0.4, -0.2) is 46.3 Å². The minimum absolute atomic E-state index is 0.0750. The average molecular weight is 443 g/mol. The Balaban J connectivity index is 1.55. The minimum Gasteiger partial charge on any atom is -0.375 e. The molecule has 2 aromatic rings. The van der Waals surface area contributed by atoms with Crippen LogP contribution in [0.5, 0.6) is 0 Å². The SMILES string of the molecule is CC(C)[C@H](N=C1NS(=O)(=O)c2ccccc21)C(=O)NCCCCN(C)c1ccccc1. The minimum atomic E-state index is -3.62. The number of aliphatic imine (C=N–C) groups is 1. The van der Waals surface area contributed by atoms with Gasteiger partial charge >= 0.3 is 0 Å². The largest absolute Gasteiger partial charge is 0.375 e. The first-order chi connectivity index (χ1) is 14.8. The van der Waals surface area contributed by atoms with Crippen LogP contribution in [-0.2, 0) is 14.8 Å². The quantitative estimate of drug-likeness (QED) is 0.584. The van der Waals surface area contributed by atoms with Gasteiger partial charge in [0.1, 0.15) is 11.9 Å². The zero-order valence-electron chi connectivity index (χ0n) is 18.2. The molecule has 2 N–H and O–H groups in total. The molecule has 0 fully saturated rings. The maximum Gasteiger partial charge on any atom is 0.263 e. The third-order valence-corrected chi connectivity index (χ3v) is 6.64. The molecule has 0 aromatic heterocycles. The molecule has 2 aromatic carbocycles. The van der Waals surface area contributed by atoms with E-state index in [-0.39, 0.29) is 22.6 Å². The van der Waals surface area contributed by atoms with Crippen molar-refractivity contribution >= 4 is 27.5 Å². The molecule has 0 bridgehead atoms. The summed E-state index contributed by atoms with van der Waals surface area (Å²) in [6.45, 7) is 5.25. The number of anilines is 1. The Morgan fingerprint density at radius 2 is 1.74 bits per heavy atom. The average Bonchev–Trinajstić information content (AvgIpc) is 3.02. The van der Waals surface area contributed by atoms with Crippen LogP contribution in [0.1, 0.15) is 32.3 Å². The molecule has 0 aliphatic carbocycles. The number of sulfonamides is 1. The van der Waals surface area contributed by atoms with Gasteiger partial charge < -0.3 is 10.2 Å². The van der Waals surface area contributed by atoms with E-state index >= 15 is 0 Å². The number of unbranched alkanes of at least 4 members (excludes halogenated alkanes) is 1. The summed E-state index contributed by atoms with van der Waals surface area (Å²) in [5.41, 5.74) is 1.67. The normalized spacial score (nSPS) is 16.6. The van der Waals surface area contributed by atoms with Crippen LogP contribution in [0.3, 0.4) is 0 Å². The number of carbonyl (C=O) groups excluding carboxylic acids is 1. The molecule has 3 rings (SSSR count). The van der Waals surface area contributed by atoms with Crippen LogP contribution >= 0.6 is 0 Å². The number of hydrogen-bond acceptors (Lipinski definition) is 5. The lowest BCUT2D eigenvalue weighted by molar-refractivity contribution is -0.123. The summed E-state index contributed by atoms with van der Waals surface area (Å²) in [6, 6.07) is 16.2. The monoisotopic (exact) mass is 442 g/mol. The summed E-state index contributed by atoms with van der Waals surface area (Å²) in [5.74, 6) is -0.0367. The lowest BCUT2D eigenvalue weighted by Gasteiger charge is -2.20. The standard InChI is InChI=1S/C23H30N4O3S/c1-17(2)21(25-22-19-13-7-8-14-20(19)31(29,30)26-22)23(28)24-15-9-10-16-27(3)18-11-5-4-6-12-18/h4-8,11-14,17,21H,9-10,15-16H2,1-3H3,(H,24,28)(H,25,26)/t21-/m0/s1. The van der Waals surface area contributed by atoms with Gasteiger partial charge in [-0.2, -0.15) is 0 Å². The van der Waals surface area contributed by atoms with Gasteiger partial charge in [-0.3, -0.25) is 14.5 Å². The molecular weight excluding hydrogens is 412 g/mol. The molecule has 166 valence electrons. The summed E-state index contributed by atoms with van der Waals surface area (Å²) in [5, 5.41) is 2.95. The molecule has 0 saturated heterocycles. The summed E-state index contributed by atoms with van der Waals surface area (Å²) in [7, 11) is -1.57. The molecule has 0 radical (unpaired) electrons. The van der Waals surface area contributed by atoms with Gasteiger partial charge in [0.05, 0.1) is 4.90 Å². The van der Waals surface area contributed by atoms with Gasteiger partial charge in [0.2, 0.25) is 5.91 Å². The number of benzene rings is 2. The van der Waals surface area contributed by atoms with E-state index < -0.39 is 16.1 Å². The molecule has 1 aliphatic heterocycles. The van der Waals surface area contributed by atoms with Crippen molar-refractivity contribution in [2.75, 3.05) is 25.0 Å². The third-order valence-electron chi connectivity index (χ3n) is 5.25. The smallest absolute Gasteiger partial charge is 0.263 e. The number of carbonyl (C=O) groups is 1. The molecule has 0 spiro atoms. The van der Waals surface area contributed by atoms with Crippen LogP contribution in [0.15, 0.2) is 64.5 Å². The Morgan fingerprint density at radius 1 is 1.06 bits per heavy atom. The number of fused-ring (bicyclic) bond motifs is 1. The Kier molecular flexibility index (Phi) is 7.33. The van der Waals surface area contributed by atoms with Gasteiger partial charge in [0.25, 0.3) is 10.0 Å². The molecule has 1 heterocycles. The van der Waals surface area contributed by atoms with Gasteiger partial charge in [-0.15, -0.1) is 0 Å². The maximum absolute atomic E-state index is 12.8. The first-order valence-electron chi connectivity index (χ1n) is 10.5. The van der Waals surface area contributed by atoms with E-state index in [1.165, 1.54) is 11.8 Å². The summed E-state index contributed by atoms with van der Waals surface area (Å²) in [6.07, 6.45) is 1.79. The molecule has 8 heteroatoms. The second kappa shape index (κ2) is 9.96. The second-order valence-corrected chi connectivity index (χ2v) is 9.67. The van der Waals surface area contributed by atoms with Crippen molar-refractivity contribution < 1.29 is 13.2 Å². The van der Waals surface area contributed by atoms with Crippen LogP contribution < -0.4 is 14.9 Å². The molecular formula is C23H30N4O3S. The summed E-state index contributed by atoms with van der Waals surface area (Å²) in [4.78, 5) is 19.6. The predicted molar refractivity (Wildman–Crippen MR) is 124 cm³/mol. The van der Waals surface area contributed by atoms with Crippen molar-refractivity contribution in [3.05, 3.63) is 60.2 Å². The van der Waals surface area contributed by atoms with E-state index in [9.17, 15) is 13.2 Å². The fraction of sp³-hybridized carbons (Fsp3) is 0.391. The van der Waals surface area contributed by atoms with Crippen LogP contribution in [0.4, 0.5) is 5.69 Å². The van der Waals surface area contributed by atoms with Gasteiger partial charge in [-0.1, -0.05) is 44.2 Å². The lowest BCUT2D eigenvalue weighted by Crippen LogP contribution is -2.39. The highest BCUT2D eigenvalue weighted by Crippen LogP contribution is 2.23. The van der Waals surface area contributed by atoms with Crippen LogP contribution in [0.2, 0.25) is 0 Å². The Labute approximate surface area is 184 Å². The number of nitrogens with zero attached hydrogens (tertiary/aromatic N) is 2. The highest BCUT2D eigenvalue weighted by Gasteiger charge is 2.32. The third kappa shape index (κ3) is 5.64. The predicted octanol–water partition coefficient (Wildman–Crippen LogP) is 2.78. The molecule has 0 unspecified atom stereocenters. The zero-order valence-corrected chi connectivity index (χ0v) is 19.0. The Morgan fingerprint density at radius 3 is 2.45 bits per heavy atom. The summed E-state index contributed by atoms with van der Waals surface area (Å²) < 4.78 is 27.1. The molecule has 31 heavy (non-hydrogen) atoms. The Hall–Kier alpha value is -2.87. The fourth-order valence-electron chi connectivity index (χ4n) is 3.48. The van der Waals surface area contributed by atoms with Gasteiger partial charge in [0.15, 0.2) is 0 Å². The number of nitrogens with one attached hydrogen (secondary N) is 2. The first kappa shape index (κ1) is 22.8. The van der Waals surface area contributed by atoms with Crippen LogP contribution in [0, 0.1) is 5.92 Å². The fourth-order valence-corrected chi connectivity index (χ4v) is 4.72. The number of para-hydroxylation sites is 1.